The van der Waals surface area contributed by atoms with Gasteiger partial charge < -0.3 is 10.2 Å². The normalized spacial score (nSPS) is 12.8. The molecule has 2 atom stereocenters. The van der Waals surface area contributed by atoms with Crippen molar-refractivity contribution in [1.29, 1.82) is 0 Å². The van der Waals surface area contributed by atoms with Gasteiger partial charge >= 0.3 is 0 Å². The first-order valence-corrected chi connectivity index (χ1v) is 16.4. The van der Waals surface area contributed by atoms with Gasteiger partial charge in [0, 0.05) is 28.0 Å². The van der Waals surface area contributed by atoms with Crippen molar-refractivity contribution in [2.45, 2.75) is 52.2 Å². The van der Waals surface area contributed by atoms with Crippen molar-refractivity contribution in [3.8, 4) is 0 Å². The first kappa shape index (κ1) is 31.8. The maximum Gasteiger partial charge on any atom is 0.244 e. The summed E-state index contributed by atoms with van der Waals surface area (Å²) in [5, 5.41) is 3.03. The van der Waals surface area contributed by atoms with Crippen molar-refractivity contribution in [3.63, 3.8) is 0 Å². The lowest BCUT2D eigenvalue weighted by atomic mass is 10.0. The number of nitrogens with one attached hydrogen (secondary N) is 1. The molecule has 0 aliphatic carbocycles. The van der Waals surface area contributed by atoms with E-state index in [2.05, 4.69) is 37.2 Å². The van der Waals surface area contributed by atoms with Gasteiger partial charge in [-0.25, -0.2) is 8.42 Å². The van der Waals surface area contributed by atoms with Crippen LogP contribution in [-0.2, 0) is 32.6 Å². The molecule has 0 heterocycles. The zero-order valence-corrected chi connectivity index (χ0v) is 27.1. The summed E-state index contributed by atoms with van der Waals surface area (Å²) < 4.78 is 28.7. The average molecular weight is 694 g/mol. The van der Waals surface area contributed by atoms with Crippen LogP contribution in [0.5, 0.6) is 0 Å². The van der Waals surface area contributed by atoms with E-state index in [0.717, 1.165) is 42.6 Å². The summed E-state index contributed by atoms with van der Waals surface area (Å²) >= 11 is 6.89. The molecule has 0 unspecified atom stereocenters. The van der Waals surface area contributed by atoms with Gasteiger partial charge in [-0.2, -0.15) is 0 Å². The molecule has 0 aliphatic heterocycles. The van der Waals surface area contributed by atoms with Gasteiger partial charge in [0.05, 0.1) is 11.9 Å². The SMILES string of the molecule is CC[C@@H](C)NC(=O)[C@@H](Cc1ccccc1)N(Cc1ccc(Br)cc1)C(=O)CN(c1ccc(Br)c(C)c1)S(C)(=O)=O. The van der Waals surface area contributed by atoms with Crippen molar-refractivity contribution in [2.75, 3.05) is 17.1 Å². The summed E-state index contributed by atoms with van der Waals surface area (Å²) in [4.78, 5) is 29.3. The fourth-order valence-electron chi connectivity index (χ4n) is 4.18. The van der Waals surface area contributed by atoms with E-state index in [1.807, 2.05) is 75.4 Å². The first-order chi connectivity index (χ1) is 18.9. The third-order valence-electron chi connectivity index (χ3n) is 6.65. The lowest BCUT2D eigenvalue weighted by Gasteiger charge is -2.34. The number of benzene rings is 3. The molecule has 40 heavy (non-hydrogen) atoms. The van der Waals surface area contributed by atoms with E-state index in [0.29, 0.717) is 5.69 Å². The Morgan fingerprint density at radius 1 is 0.950 bits per heavy atom. The van der Waals surface area contributed by atoms with Gasteiger partial charge in [0.1, 0.15) is 12.6 Å². The zero-order chi connectivity index (χ0) is 29.4. The van der Waals surface area contributed by atoms with E-state index in [9.17, 15) is 18.0 Å². The highest BCUT2D eigenvalue weighted by atomic mass is 79.9. The molecule has 3 aromatic rings. The second-order valence-corrected chi connectivity index (χ2v) is 13.6. The molecule has 0 spiro atoms. The molecule has 214 valence electrons. The summed E-state index contributed by atoms with van der Waals surface area (Å²) in [5.41, 5.74) is 2.92. The lowest BCUT2D eigenvalue weighted by Crippen LogP contribution is -2.54. The van der Waals surface area contributed by atoms with Crippen LogP contribution >= 0.6 is 31.9 Å². The number of hydrogen-bond acceptors (Lipinski definition) is 4. The highest BCUT2D eigenvalue weighted by molar-refractivity contribution is 9.10. The number of hydrogen-bond donors (Lipinski definition) is 1. The Kier molecular flexibility index (Phi) is 11.4. The minimum absolute atomic E-state index is 0.0892. The Labute approximate surface area is 254 Å². The quantitative estimate of drug-likeness (QED) is 0.259. The summed E-state index contributed by atoms with van der Waals surface area (Å²) in [7, 11) is -3.82. The number of carbonyl (C=O) groups is 2. The zero-order valence-electron chi connectivity index (χ0n) is 23.1. The maximum atomic E-state index is 14.1. The van der Waals surface area contributed by atoms with Crippen LogP contribution in [0.25, 0.3) is 0 Å². The smallest absolute Gasteiger partial charge is 0.244 e. The number of carbonyl (C=O) groups excluding carboxylic acids is 2. The van der Waals surface area contributed by atoms with Gasteiger partial charge in [-0.3, -0.25) is 13.9 Å². The molecule has 0 aliphatic rings. The number of amides is 2. The van der Waals surface area contributed by atoms with E-state index in [1.54, 1.807) is 18.2 Å². The minimum Gasteiger partial charge on any atom is -0.352 e. The Morgan fingerprint density at radius 3 is 2.17 bits per heavy atom. The third kappa shape index (κ3) is 8.91. The van der Waals surface area contributed by atoms with Crippen molar-refractivity contribution >= 4 is 59.4 Å². The van der Waals surface area contributed by atoms with Crippen LogP contribution < -0.4 is 9.62 Å². The molecule has 1 N–H and O–H groups in total. The number of sulfonamides is 1. The van der Waals surface area contributed by atoms with Gasteiger partial charge in [0.15, 0.2) is 0 Å². The van der Waals surface area contributed by atoms with Gasteiger partial charge in [-0.05, 0) is 67.3 Å². The summed E-state index contributed by atoms with van der Waals surface area (Å²) in [6.07, 6.45) is 2.09. The first-order valence-electron chi connectivity index (χ1n) is 13.0. The highest BCUT2D eigenvalue weighted by Gasteiger charge is 2.33. The molecule has 2 amide bonds. The Bertz CT molecular complexity index is 1420. The van der Waals surface area contributed by atoms with Crippen LogP contribution in [0.15, 0.2) is 81.7 Å². The average Bonchev–Trinajstić information content (AvgIpc) is 2.91. The Hall–Kier alpha value is -2.69. The second-order valence-electron chi connectivity index (χ2n) is 9.87. The van der Waals surface area contributed by atoms with Crippen molar-refractivity contribution < 1.29 is 18.0 Å². The van der Waals surface area contributed by atoms with Gasteiger partial charge in [-0.15, -0.1) is 0 Å². The lowest BCUT2D eigenvalue weighted by molar-refractivity contribution is -0.140. The van der Waals surface area contributed by atoms with Crippen molar-refractivity contribution in [3.05, 3.63) is 98.4 Å². The predicted octanol–water partition coefficient (Wildman–Crippen LogP) is 5.84. The maximum absolute atomic E-state index is 14.1. The van der Waals surface area contributed by atoms with E-state index in [-0.39, 0.29) is 24.9 Å². The fraction of sp³-hybridized carbons (Fsp3) is 0.333. The molecular formula is C30H35Br2N3O4S. The van der Waals surface area contributed by atoms with Crippen LogP contribution in [0.1, 0.15) is 37.0 Å². The highest BCUT2D eigenvalue weighted by Crippen LogP contribution is 2.25. The van der Waals surface area contributed by atoms with Crippen molar-refractivity contribution in [1.82, 2.24) is 10.2 Å². The molecule has 0 aromatic heterocycles. The van der Waals surface area contributed by atoms with Crippen LogP contribution in [0, 0.1) is 6.92 Å². The number of halogens is 2. The van der Waals surface area contributed by atoms with E-state index in [4.69, 9.17) is 0 Å². The van der Waals surface area contributed by atoms with Crippen LogP contribution in [0.4, 0.5) is 5.69 Å². The number of aryl methyl sites for hydroxylation is 1. The van der Waals surface area contributed by atoms with Gasteiger partial charge in [0.25, 0.3) is 0 Å². The van der Waals surface area contributed by atoms with Crippen LogP contribution in [-0.4, -0.2) is 50.0 Å². The molecule has 0 bridgehead atoms. The van der Waals surface area contributed by atoms with Crippen LogP contribution in [0.2, 0.25) is 0 Å². The summed E-state index contributed by atoms with van der Waals surface area (Å²) in [6, 6.07) is 21.2. The molecular weight excluding hydrogens is 658 g/mol. The predicted molar refractivity (Wildman–Crippen MR) is 168 cm³/mol. The van der Waals surface area contributed by atoms with Gasteiger partial charge in [-0.1, -0.05) is 81.2 Å². The van der Waals surface area contributed by atoms with Crippen LogP contribution in [0.3, 0.4) is 0 Å². The molecule has 3 rings (SSSR count). The van der Waals surface area contributed by atoms with E-state index in [1.165, 1.54) is 4.90 Å². The molecule has 0 radical (unpaired) electrons. The number of anilines is 1. The molecule has 0 saturated heterocycles. The molecule has 7 nitrogen and oxygen atoms in total. The monoisotopic (exact) mass is 691 g/mol. The minimum atomic E-state index is -3.82. The second kappa shape index (κ2) is 14.3. The van der Waals surface area contributed by atoms with E-state index < -0.39 is 28.5 Å². The molecule has 10 heteroatoms. The largest absolute Gasteiger partial charge is 0.352 e. The third-order valence-corrected chi connectivity index (χ3v) is 9.21. The Morgan fingerprint density at radius 2 is 1.60 bits per heavy atom. The molecule has 3 aromatic carbocycles. The van der Waals surface area contributed by atoms with Gasteiger partial charge in [0.2, 0.25) is 21.8 Å². The Balaban J connectivity index is 2.06. The fourth-order valence-corrected chi connectivity index (χ4v) is 5.53. The summed E-state index contributed by atoms with van der Waals surface area (Å²) in [5.74, 6) is -0.761. The molecule has 0 saturated carbocycles. The topological polar surface area (TPSA) is 86.8 Å². The standard InChI is InChI=1S/C30H35Br2N3O4S/c1-5-22(3)33-30(37)28(18-23-9-7-6-8-10-23)34(19-24-11-13-25(31)14-12-24)29(36)20-35(40(4,38)39)26-15-16-27(32)21(2)17-26/h6-17,22,28H,5,18-20H2,1-4H3,(H,33,37)/t22-,28-/m1/s1. The number of rotatable bonds is 12. The molecule has 0 fully saturated rings. The summed E-state index contributed by atoms with van der Waals surface area (Å²) in [6.45, 7) is 5.43. The van der Waals surface area contributed by atoms with Crippen molar-refractivity contribution in [2.24, 2.45) is 0 Å². The van der Waals surface area contributed by atoms with E-state index >= 15 is 0 Å². The number of nitrogens with zero attached hydrogens (tertiary/aromatic N) is 2.